The molecule has 282 valence electrons. The van der Waals surface area contributed by atoms with Gasteiger partial charge in [-0.15, -0.1) is 0 Å². The van der Waals surface area contributed by atoms with Crippen molar-refractivity contribution in [1.82, 2.24) is 0 Å². The predicted octanol–water partition coefficient (Wildman–Crippen LogP) is 8.95. The lowest BCUT2D eigenvalue weighted by atomic mass is 10.1. The Hall–Kier alpha value is -1.78. The molecular weight excluding hydrogens is 637 g/mol. The van der Waals surface area contributed by atoms with Crippen molar-refractivity contribution >= 4 is 25.7 Å². The van der Waals surface area contributed by atoms with Gasteiger partial charge in [0, 0.05) is 12.8 Å². The summed E-state index contributed by atoms with van der Waals surface area (Å²) in [5.74, 6) is -2.39. The number of hydrogen-bond acceptors (Lipinski definition) is 9. The largest absolute Gasteiger partial charge is 0.480 e. The van der Waals surface area contributed by atoms with Crippen LogP contribution < -0.4 is 5.73 Å². The molecule has 4 N–H and O–H groups in total. The van der Waals surface area contributed by atoms with Crippen LogP contribution in [0.2, 0.25) is 0 Å². The number of hydrogen-bond donors (Lipinski definition) is 3. The Balaban J connectivity index is 4.35. The lowest BCUT2D eigenvalue weighted by Gasteiger charge is -2.20. The fourth-order valence-electron chi connectivity index (χ4n) is 5.00. The average Bonchev–Trinajstić information content (AvgIpc) is 3.05. The number of carboxylic acids is 1. The van der Waals surface area contributed by atoms with Crippen molar-refractivity contribution in [3.8, 4) is 0 Å². The van der Waals surface area contributed by atoms with Crippen molar-refractivity contribution in [3.05, 3.63) is 12.2 Å². The average molecular weight is 706 g/mol. The summed E-state index contributed by atoms with van der Waals surface area (Å²) in [5, 5.41) is 8.83. The zero-order valence-corrected chi connectivity index (χ0v) is 31.0. The van der Waals surface area contributed by atoms with Crippen LogP contribution in [0.15, 0.2) is 12.2 Å². The number of carbonyl (C=O) groups excluding carboxylic acids is 2. The summed E-state index contributed by atoms with van der Waals surface area (Å²) >= 11 is 0. The maximum Gasteiger partial charge on any atom is 0.472 e. The van der Waals surface area contributed by atoms with Crippen LogP contribution in [0.25, 0.3) is 0 Å². The van der Waals surface area contributed by atoms with Crippen molar-refractivity contribution in [2.75, 3.05) is 19.8 Å². The molecule has 0 aliphatic carbocycles. The summed E-state index contributed by atoms with van der Waals surface area (Å²) in [7, 11) is -4.70. The maximum absolute atomic E-state index is 12.5. The molecule has 1 unspecified atom stereocenters. The minimum Gasteiger partial charge on any atom is -0.480 e. The topological polar surface area (TPSA) is 172 Å². The molecule has 0 bridgehead atoms. The number of nitrogens with two attached hydrogens (primary N) is 1. The van der Waals surface area contributed by atoms with Crippen LogP contribution in [0.5, 0.6) is 0 Å². The van der Waals surface area contributed by atoms with Gasteiger partial charge in [-0.05, 0) is 38.5 Å². The monoisotopic (exact) mass is 705 g/mol. The lowest BCUT2D eigenvalue weighted by Crippen LogP contribution is -2.34. The van der Waals surface area contributed by atoms with Crippen molar-refractivity contribution in [3.63, 3.8) is 0 Å². The van der Waals surface area contributed by atoms with Crippen LogP contribution in [-0.2, 0) is 37.5 Å². The number of phosphoric ester groups is 1. The van der Waals surface area contributed by atoms with E-state index in [1.807, 2.05) is 0 Å². The molecule has 0 amide bonds. The Morgan fingerprint density at radius 3 is 1.52 bits per heavy atom. The Morgan fingerprint density at radius 2 is 1.04 bits per heavy atom. The molecule has 0 aromatic carbocycles. The highest BCUT2D eigenvalue weighted by atomic mass is 31.2. The van der Waals surface area contributed by atoms with Gasteiger partial charge in [-0.2, -0.15) is 0 Å². The van der Waals surface area contributed by atoms with Crippen molar-refractivity contribution in [2.24, 2.45) is 5.73 Å². The molecular formula is C36H68NO10P. The number of phosphoric acid groups is 1. The summed E-state index contributed by atoms with van der Waals surface area (Å²) in [4.78, 5) is 45.5. The van der Waals surface area contributed by atoms with E-state index >= 15 is 0 Å². The molecule has 0 aliphatic rings. The zero-order valence-electron chi connectivity index (χ0n) is 30.1. The molecule has 0 radical (unpaired) electrons. The van der Waals surface area contributed by atoms with E-state index in [4.69, 9.17) is 24.8 Å². The van der Waals surface area contributed by atoms with Gasteiger partial charge >= 0.3 is 25.7 Å². The smallest absolute Gasteiger partial charge is 0.472 e. The second-order valence-electron chi connectivity index (χ2n) is 12.7. The molecule has 0 aromatic heterocycles. The van der Waals surface area contributed by atoms with E-state index in [-0.39, 0.29) is 19.4 Å². The van der Waals surface area contributed by atoms with E-state index in [1.165, 1.54) is 83.5 Å². The first-order valence-corrected chi connectivity index (χ1v) is 20.2. The molecule has 0 saturated heterocycles. The Morgan fingerprint density at radius 1 is 0.625 bits per heavy atom. The second-order valence-corrected chi connectivity index (χ2v) is 14.2. The molecule has 3 atom stereocenters. The van der Waals surface area contributed by atoms with Gasteiger partial charge in [0.2, 0.25) is 0 Å². The summed E-state index contributed by atoms with van der Waals surface area (Å²) in [5.41, 5.74) is 5.30. The fraction of sp³-hybridized carbons (Fsp3) is 0.861. The quantitative estimate of drug-likeness (QED) is 0.0249. The molecule has 0 rings (SSSR count). The van der Waals surface area contributed by atoms with E-state index in [2.05, 4.69) is 30.5 Å². The van der Waals surface area contributed by atoms with Gasteiger partial charge < -0.3 is 25.2 Å². The fourth-order valence-corrected chi connectivity index (χ4v) is 5.78. The number of carbonyl (C=O) groups is 3. The molecule has 48 heavy (non-hydrogen) atoms. The third-order valence-corrected chi connectivity index (χ3v) is 8.96. The van der Waals surface area contributed by atoms with Crippen LogP contribution in [0.1, 0.15) is 168 Å². The maximum atomic E-state index is 12.5. The van der Waals surface area contributed by atoms with E-state index in [0.717, 1.165) is 44.9 Å². The Kier molecular flexibility index (Phi) is 31.2. The number of allylic oxidation sites excluding steroid dienone is 2. The van der Waals surface area contributed by atoms with Crippen LogP contribution >= 0.6 is 7.82 Å². The highest BCUT2D eigenvalue weighted by Crippen LogP contribution is 2.43. The number of ether oxygens (including phenoxy) is 2. The molecule has 0 saturated carbocycles. The summed E-state index contributed by atoms with van der Waals surface area (Å²) < 4.78 is 32.4. The number of unbranched alkanes of at least 4 members (excludes halogenated alkanes) is 19. The van der Waals surface area contributed by atoms with E-state index < -0.39 is 51.1 Å². The lowest BCUT2D eigenvalue weighted by molar-refractivity contribution is -0.161. The molecule has 0 aromatic rings. The van der Waals surface area contributed by atoms with E-state index in [9.17, 15) is 23.8 Å². The summed E-state index contributed by atoms with van der Waals surface area (Å²) in [6.07, 6.45) is 28.8. The van der Waals surface area contributed by atoms with Crippen molar-refractivity contribution in [1.29, 1.82) is 0 Å². The van der Waals surface area contributed by atoms with Crippen LogP contribution in [0.3, 0.4) is 0 Å². The first-order chi connectivity index (χ1) is 23.1. The summed E-state index contributed by atoms with van der Waals surface area (Å²) in [6, 6.07) is -1.52. The van der Waals surface area contributed by atoms with Crippen LogP contribution in [0.4, 0.5) is 0 Å². The minimum absolute atomic E-state index is 0.159. The number of rotatable bonds is 35. The van der Waals surface area contributed by atoms with Crippen LogP contribution in [-0.4, -0.2) is 59.9 Å². The molecule has 0 aliphatic heterocycles. The first-order valence-electron chi connectivity index (χ1n) is 18.7. The number of carboxylic acid groups (broad SMARTS) is 1. The molecule has 0 fully saturated rings. The van der Waals surface area contributed by atoms with Gasteiger partial charge in [-0.3, -0.25) is 23.4 Å². The standard InChI is InChI=1S/C36H68NO10P/c1-3-5-7-9-11-12-13-14-15-16-17-18-19-20-22-24-26-28-35(39)47-32(30-45-48(42,43)46-31-33(37)36(40)41)29-44-34(38)27-25-23-21-10-8-6-4-2/h14-15,32-33H,3-13,16-31,37H2,1-2H3,(H,40,41)(H,42,43)/b15-14+/t32-,33-/m0/s1. The highest BCUT2D eigenvalue weighted by molar-refractivity contribution is 7.47. The van der Waals surface area contributed by atoms with Gasteiger partial charge in [0.25, 0.3) is 0 Å². The number of esters is 2. The molecule has 0 heterocycles. The van der Waals surface area contributed by atoms with Gasteiger partial charge in [0.15, 0.2) is 6.10 Å². The van der Waals surface area contributed by atoms with E-state index in [0.29, 0.717) is 12.8 Å². The third-order valence-electron chi connectivity index (χ3n) is 8.01. The van der Waals surface area contributed by atoms with Gasteiger partial charge in [-0.1, -0.05) is 129 Å². The highest BCUT2D eigenvalue weighted by Gasteiger charge is 2.28. The second kappa shape index (κ2) is 32.4. The molecule has 12 heteroatoms. The summed E-state index contributed by atoms with van der Waals surface area (Å²) in [6.45, 7) is 2.73. The van der Waals surface area contributed by atoms with E-state index in [1.54, 1.807) is 0 Å². The zero-order chi connectivity index (χ0) is 35.7. The predicted molar refractivity (Wildman–Crippen MR) is 189 cm³/mol. The Labute approximate surface area is 290 Å². The molecule has 0 spiro atoms. The van der Waals surface area contributed by atoms with Crippen molar-refractivity contribution in [2.45, 2.75) is 180 Å². The van der Waals surface area contributed by atoms with Gasteiger partial charge in [0.05, 0.1) is 13.2 Å². The minimum atomic E-state index is -4.70. The van der Waals surface area contributed by atoms with Gasteiger partial charge in [0.1, 0.15) is 12.6 Å². The van der Waals surface area contributed by atoms with Crippen LogP contribution in [0, 0.1) is 0 Å². The van der Waals surface area contributed by atoms with Gasteiger partial charge in [-0.25, -0.2) is 4.57 Å². The Bertz CT molecular complexity index is 885. The number of aliphatic carboxylic acids is 1. The van der Waals surface area contributed by atoms with Crippen molar-refractivity contribution < 1.29 is 47.5 Å². The first kappa shape index (κ1) is 46.2. The molecule has 11 nitrogen and oxygen atoms in total. The normalized spacial score (nSPS) is 14.1. The third kappa shape index (κ3) is 31.5. The SMILES string of the molecule is CCCCCCCC/C=C/CCCCCCCCCC(=O)O[C@@H](COC(=O)CCCCCCCCC)COP(=O)(O)OC[C@H](N)C(=O)O.